The zero-order valence-corrected chi connectivity index (χ0v) is 16.1. The lowest BCUT2D eigenvalue weighted by molar-refractivity contribution is -0.212. The van der Waals surface area contributed by atoms with Crippen molar-refractivity contribution in [2.75, 3.05) is 5.73 Å². The van der Waals surface area contributed by atoms with Crippen LogP contribution in [-0.2, 0) is 14.3 Å². The Morgan fingerprint density at radius 3 is 2.73 bits per heavy atom. The number of nitrogen functional groups attached to an aromatic ring is 1. The Morgan fingerprint density at radius 1 is 1.46 bits per heavy atom. The second-order valence-corrected chi connectivity index (χ2v) is 8.84. The number of aliphatic hydroxyl groups is 1. The molecule has 3 N–H and O–H groups in total. The first-order chi connectivity index (χ1) is 12.1. The molecule has 2 aliphatic rings. The zero-order chi connectivity index (χ0) is 19.1. The molecule has 0 aromatic carbocycles. The van der Waals surface area contributed by atoms with Crippen LogP contribution < -0.4 is 5.73 Å². The highest BCUT2D eigenvalue weighted by Crippen LogP contribution is 2.50. The maximum Gasteiger partial charge on any atom is 0.306 e. The lowest BCUT2D eigenvalue weighted by atomic mass is 9.74. The van der Waals surface area contributed by atoms with Gasteiger partial charge >= 0.3 is 5.97 Å². The van der Waals surface area contributed by atoms with Gasteiger partial charge in [-0.25, -0.2) is 0 Å². The van der Waals surface area contributed by atoms with E-state index in [2.05, 4.69) is 4.98 Å². The van der Waals surface area contributed by atoms with Crippen molar-refractivity contribution < 1.29 is 19.4 Å². The summed E-state index contributed by atoms with van der Waals surface area (Å²) in [5.41, 5.74) is 5.92. The van der Waals surface area contributed by atoms with Crippen LogP contribution in [0.3, 0.4) is 0 Å². The molecule has 0 spiro atoms. The molecule has 6 heteroatoms. The topological polar surface area (TPSA) is 94.7 Å². The standard InChI is InChI=1S/C20H30N2O4/c1-19(2,3)26-17(23)10-13-9-16(14-7-8-22-11-15(14)21)25-18(12-5-6-12)20(13,4)24/h7-8,11-13,16,18,24H,5-6,9-10,21H2,1-4H3/t13-,16+,18+,20-/m1/s1. The second-order valence-electron chi connectivity index (χ2n) is 8.84. The number of hydrogen-bond donors (Lipinski definition) is 2. The third-order valence-corrected chi connectivity index (χ3v) is 5.33. The van der Waals surface area contributed by atoms with Gasteiger partial charge in [0, 0.05) is 17.7 Å². The van der Waals surface area contributed by atoms with Gasteiger partial charge in [0.15, 0.2) is 0 Å². The van der Waals surface area contributed by atoms with Crippen LogP contribution in [0.2, 0.25) is 0 Å². The van der Waals surface area contributed by atoms with Crippen molar-refractivity contribution in [2.45, 2.75) is 76.8 Å². The molecule has 26 heavy (non-hydrogen) atoms. The number of nitrogens with zero attached hydrogens (tertiary/aromatic N) is 1. The van der Waals surface area contributed by atoms with Gasteiger partial charge in [-0.2, -0.15) is 0 Å². The summed E-state index contributed by atoms with van der Waals surface area (Å²) in [7, 11) is 0. The number of carbonyl (C=O) groups is 1. The van der Waals surface area contributed by atoms with Crippen LogP contribution >= 0.6 is 0 Å². The molecular formula is C20H30N2O4. The van der Waals surface area contributed by atoms with Crippen molar-refractivity contribution in [3.8, 4) is 0 Å². The predicted octanol–water partition coefficient (Wildman–Crippen LogP) is 3.00. The lowest BCUT2D eigenvalue weighted by Crippen LogP contribution is -2.54. The van der Waals surface area contributed by atoms with E-state index in [9.17, 15) is 9.90 Å². The molecule has 0 radical (unpaired) electrons. The van der Waals surface area contributed by atoms with Crippen molar-refractivity contribution in [1.82, 2.24) is 4.98 Å². The number of pyridine rings is 1. The van der Waals surface area contributed by atoms with Gasteiger partial charge < -0.3 is 20.3 Å². The van der Waals surface area contributed by atoms with Crippen LogP contribution in [0.25, 0.3) is 0 Å². The zero-order valence-electron chi connectivity index (χ0n) is 16.1. The van der Waals surface area contributed by atoms with Gasteiger partial charge in [0.05, 0.1) is 36.1 Å². The Morgan fingerprint density at radius 2 is 2.15 bits per heavy atom. The number of anilines is 1. The third-order valence-electron chi connectivity index (χ3n) is 5.33. The van der Waals surface area contributed by atoms with E-state index in [-0.39, 0.29) is 30.5 Å². The molecule has 1 aliphatic heterocycles. The summed E-state index contributed by atoms with van der Waals surface area (Å²) in [5.74, 6) is -0.216. The van der Waals surface area contributed by atoms with Gasteiger partial charge in [0.2, 0.25) is 0 Å². The van der Waals surface area contributed by atoms with E-state index in [0.29, 0.717) is 18.0 Å². The van der Waals surface area contributed by atoms with E-state index in [1.54, 1.807) is 19.3 Å². The molecule has 2 fully saturated rings. The maximum absolute atomic E-state index is 12.4. The molecule has 1 aliphatic carbocycles. The van der Waals surface area contributed by atoms with Gasteiger partial charge in [-0.15, -0.1) is 0 Å². The van der Waals surface area contributed by atoms with Crippen molar-refractivity contribution in [3.05, 3.63) is 24.0 Å². The third kappa shape index (κ3) is 4.18. The first kappa shape index (κ1) is 19.1. The van der Waals surface area contributed by atoms with Crippen LogP contribution in [0.15, 0.2) is 18.5 Å². The van der Waals surface area contributed by atoms with Gasteiger partial charge in [-0.3, -0.25) is 9.78 Å². The quantitative estimate of drug-likeness (QED) is 0.800. The number of hydrogen-bond acceptors (Lipinski definition) is 6. The minimum Gasteiger partial charge on any atom is -0.460 e. The van der Waals surface area contributed by atoms with E-state index >= 15 is 0 Å². The Kier molecular flexibility index (Phi) is 5.01. The molecule has 0 unspecified atom stereocenters. The van der Waals surface area contributed by atoms with Crippen molar-refractivity contribution in [1.29, 1.82) is 0 Å². The van der Waals surface area contributed by atoms with E-state index in [1.165, 1.54) is 0 Å². The summed E-state index contributed by atoms with van der Waals surface area (Å²) in [4.78, 5) is 16.4. The number of rotatable bonds is 4. The highest BCUT2D eigenvalue weighted by atomic mass is 16.6. The summed E-state index contributed by atoms with van der Waals surface area (Å²) < 4.78 is 11.8. The van der Waals surface area contributed by atoms with E-state index in [4.69, 9.17) is 15.2 Å². The molecule has 1 saturated heterocycles. The highest BCUT2D eigenvalue weighted by molar-refractivity contribution is 5.70. The van der Waals surface area contributed by atoms with Crippen LogP contribution in [-0.4, -0.2) is 33.4 Å². The molecule has 0 bridgehead atoms. The minimum atomic E-state index is -1.07. The molecule has 1 aromatic heterocycles. The van der Waals surface area contributed by atoms with Crippen LogP contribution in [0.4, 0.5) is 5.69 Å². The van der Waals surface area contributed by atoms with E-state index in [1.807, 2.05) is 26.8 Å². The monoisotopic (exact) mass is 362 g/mol. The SMILES string of the molecule is CC(C)(C)OC(=O)C[C@H]1C[C@@H](c2ccncc2N)O[C@@H](C2CC2)[C@]1(C)O. The normalized spacial score (nSPS) is 32.3. The lowest BCUT2D eigenvalue weighted by Gasteiger charge is -2.47. The highest BCUT2D eigenvalue weighted by Gasteiger charge is 2.53. The molecule has 2 heterocycles. The maximum atomic E-state index is 12.4. The first-order valence-corrected chi connectivity index (χ1v) is 9.37. The van der Waals surface area contributed by atoms with E-state index < -0.39 is 11.2 Å². The average molecular weight is 362 g/mol. The summed E-state index contributed by atoms with van der Waals surface area (Å²) >= 11 is 0. The smallest absolute Gasteiger partial charge is 0.306 e. The van der Waals surface area contributed by atoms with Crippen molar-refractivity contribution >= 4 is 11.7 Å². The minimum absolute atomic E-state index is 0.165. The molecule has 0 amide bonds. The number of ether oxygens (including phenoxy) is 2. The number of carbonyl (C=O) groups excluding carboxylic acids is 1. The van der Waals surface area contributed by atoms with Crippen molar-refractivity contribution in [2.24, 2.45) is 11.8 Å². The van der Waals surface area contributed by atoms with E-state index in [0.717, 1.165) is 18.4 Å². The van der Waals surface area contributed by atoms with Crippen LogP contribution in [0.1, 0.15) is 65.0 Å². The summed E-state index contributed by atoms with van der Waals surface area (Å²) in [6, 6.07) is 1.86. The number of esters is 1. The molecule has 6 nitrogen and oxygen atoms in total. The largest absolute Gasteiger partial charge is 0.460 e. The van der Waals surface area contributed by atoms with Gasteiger partial charge in [0.25, 0.3) is 0 Å². The fourth-order valence-corrected chi connectivity index (χ4v) is 3.87. The Bertz CT molecular complexity index is 664. The number of aromatic nitrogens is 1. The molecule has 4 atom stereocenters. The fourth-order valence-electron chi connectivity index (χ4n) is 3.87. The van der Waals surface area contributed by atoms with Gasteiger partial charge in [-0.1, -0.05) is 0 Å². The number of nitrogens with two attached hydrogens (primary N) is 1. The fraction of sp³-hybridized carbons (Fsp3) is 0.700. The molecule has 1 saturated carbocycles. The van der Waals surface area contributed by atoms with Crippen LogP contribution in [0.5, 0.6) is 0 Å². The average Bonchev–Trinajstić information content (AvgIpc) is 3.32. The summed E-state index contributed by atoms with van der Waals surface area (Å²) in [6.07, 6.45) is 5.51. The predicted molar refractivity (Wildman–Crippen MR) is 98.2 cm³/mol. The Balaban J connectivity index is 1.83. The summed E-state index contributed by atoms with van der Waals surface area (Å²) in [6.45, 7) is 7.33. The van der Waals surface area contributed by atoms with Crippen molar-refractivity contribution in [3.63, 3.8) is 0 Å². The first-order valence-electron chi connectivity index (χ1n) is 9.37. The summed E-state index contributed by atoms with van der Waals surface area (Å²) in [5, 5.41) is 11.2. The Hall–Kier alpha value is -1.66. The Labute approximate surface area is 155 Å². The van der Waals surface area contributed by atoms with Crippen LogP contribution in [0, 0.1) is 11.8 Å². The van der Waals surface area contributed by atoms with Gasteiger partial charge in [-0.05, 0) is 58.9 Å². The molecule has 1 aromatic rings. The molecular weight excluding hydrogens is 332 g/mol. The second kappa shape index (κ2) is 6.82. The molecule has 3 rings (SSSR count). The molecule has 144 valence electrons. The van der Waals surface area contributed by atoms with Gasteiger partial charge in [0.1, 0.15) is 5.60 Å².